The van der Waals surface area contributed by atoms with E-state index in [9.17, 15) is 18.0 Å². The first-order valence-electron chi connectivity index (χ1n) is 6.52. The van der Waals surface area contributed by atoms with E-state index in [0.717, 1.165) is 18.4 Å². The Kier molecular flexibility index (Phi) is 4.65. The number of ketones is 1. The van der Waals surface area contributed by atoms with Crippen molar-refractivity contribution in [3.8, 4) is 5.75 Å². The van der Waals surface area contributed by atoms with Crippen LogP contribution < -0.4 is 10.1 Å². The topological polar surface area (TPSA) is 38.3 Å². The first-order valence-corrected chi connectivity index (χ1v) is 6.52. The lowest BCUT2D eigenvalue weighted by Gasteiger charge is -2.22. The minimum Gasteiger partial charge on any atom is -0.406 e. The van der Waals surface area contributed by atoms with Crippen LogP contribution in [-0.2, 0) is 11.3 Å². The van der Waals surface area contributed by atoms with Crippen molar-refractivity contribution in [2.24, 2.45) is 0 Å². The zero-order chi connectivity index (χ0) is 14.6. The fourth-order valence-electron chi connectivity index (χ4n) is 2.26. The average Bonchev–Trinajstić information content (AvgIpc) is 2.36. The van der Waals surface area contributed by atoms with Crippen LogP contribution in [0.5, 0.6) is 5.75 Å². The lowest BCUT2D eigenvalue weighted by molar-refractivity contribution is -0.274. The molecule has 1 N–H and O–H groups in total. The fraction of sp³-hybridized carbons (Fsp3) is 0.500. The normalized spacial score (nSPS) is 17.2. The first kappa shape index (κ1) is 14.8. The second kappa shape index (κ2) is 6.26. The standard InChI is InChI=1S/C14H16F3NO2/c15-14(16,17)20-13-3-1-2-10(8-13)9-18-11-4-6-12(19)7-5-11/h1-3,8,11,18H,4-7,9H2. The van der Waals surface area contributed by atoms with E-state index in [1.807, 2.05) is 0 Å². The first-order chi connectivity index (χ1) is 9.42. The molecule has 1 fully saturated rings. The van der Waals surface area contributed by atoms with Crippen molar-refractivity contribution in [3.63, 3.8) is 0 Å². The van der Waals surface area contributed by atoms with Crippen LogP contribution in [0.4, 0.5) is 13.2 Å². The molecule has 1 saturated carbocycles. The number of ether oxygens (including phenoxy) is 1. The van der Waals surface area contributed by atoms with Crippen molar-refractivity contribution in [3.05, 3.63) is 29.8 Å². The zero-order valence-electron chi connectivity index (χ0n) is 10.9. The molecule has 0 aliphatic heterocycles. The van der Waals surface area contributed by atoms with E-state index in [1.54, 1.807) is 6.07 Å². The number of hydrogen-bond acceptors (Lipinski definition) is 3. The van der Waals surface area contributed by atoms with Gasteiger partial charge < -0.3 is 10.1 Å². The number of halogens is 3. The third-order valence-electron chi connectivity index (χ3n) is 3.27. The molecule has 1 aromatic rings. The van der Waals surface area contributed by atoms with Crippen molar-refractivity contribution >= 4 is 5.78 Å². The Hall–Kier alpha value is -1.56. The Morgan fingerprint density at radius 1 is 1.25 bits per heavy atom. The molecule has 1 aliphatic rings. The summed E-state index contributed by atoms with van der Waals surface area (Å²) in [5.74, 6) is 0.0687. The van der Waals surface area contributed by atoms with Gasteiger partial charge in [0.1, 0.15) is 11.5 Å². The van der Waals surface area contributed by atoms with Gasteiger partial charge in [-0.25, -0.2) is 0 Å². The van der Waals surface area contributed by atoms with Crippen LogP contribution in [0.15, 0.2) is 24.3 Å². The third-order valence-corrected chi connectivity index (χ3v) is 3.27. The number of carbonyl (C=O) groups is 1. The van der Waals surface area contributed by atoms with Gasteiger partial charge in [-0.2, -0.15) is 0 Å². The predicted octanol–water partition coefficient (Wildman–Crippen LogP) is 3.19. The van der Waals surface area contributed by atoms with Crippen LogP contribution in [0.1, 0.15) is 31.2 Å². The Balaban J connectivity index is 1.86. The predicted molar refractivity (Wildman–Crippen MR) is 67.2 cm³/mol. The van der Waals surface area contributed by atoms with E-state index >= 15 is 0 Å². The molecule has 0 heterocycles. The molecule has 2 rings (SSSR count). The van der Waals surface area contributed by atoms with Crippen LogP contribution in [0, 0.1) is 0 Å². The van der Waals surface area contributed by atoms with Crippen molar-refractivity contribution in [1.29, 1.82) is 0 Å². The van der Waals surface area contributed by atoms with Crippen molar-refractivity contribution in [2.45, 2.75) is 44.6 Å². The van der Waals surface area contributed by atoms with Gasteiger partial charge in [-0.3, -0.25) is 4.79 Å². The molecule has 0 unspecified atom stereocenters. The number of alkyl halides is 3. The maximum Gasteiger partial charge on any atom is 0.573 e. The third kappa shape index (κ3) is 4.85. The number of nitrogens with one attached hydrogen (secondary N) is 1. The van der Waals surface area contributed by atoms with Crippen molar-refractivity contribution in [2.75, 3.05) is 0 Å². The molecule has 0 saturated heterocycles. The van der Waals surface area contributed by atoms with Gasteiger partial charge in [0.25, 0.3) is 0 Å². The highest BCUT2D eigenvalue weighted by Gasteiger charge is 2.31. The minimum atomic E-state index is -4.67. The van der Waals surface area contributed by atoms with Gasteiger partial charge in [0.15, 0.2) is 0 Å². The highest BCUT2D eigenvalue weighted by Crippen LogP contribution is 2.23. The number of Topliss-reactive ketones (excluding diaryl/α,β-unsaturated/α-hetero) is 1. The molecular formula is C14H16F3NO2. The summed E-state index contributed by atoms with van der Waals surface area (Å²) in [6, 6.07) is 6.16. The van der Waals surface area contributed by atoms with Gasteiger partial charge in [0.05, 0.1) is 0 Å². The van der Waals surface area contributed by atoms with Crippen LogP contribution in [0.3, 0.4) is 0 Å². The number of benzene rings is 1. The summed E-state index contributed by atoms with van der Waals surface area (Å²) in [5.41, 5.74) is 0.726. The molecule has 0 atom stereocenters. The number of hydrogen-bond donors (Lipinski definition) is 1. The lowest BCUT2D eigenvalue weighted by atomic mass is 9.94. The van der Waals surface area contributed by atoms with Crippen molar-refractivity contribution < 1.29 is 22.7 Å². The van der Waals surface area contributed by atoms with E-state index in [1.165, 1.54) is 18.2 Å². The highest BCUT2D eigenvalue weighted by atomic mass is 19.4. The average molecular weight is 287 g/mol. The van der Waals surface area contributed by atoms with Gasteiger partial charge in [0, 0.05) is 25.4 Å². The Morgan fingerprint density at radius 2 is 1.95 bits per heavy atom. The van der Waals surface area contributed by atoms with Gasteiger partial charge in [-0.05, 0) is 30.5 Å². The Labute approximate surface area is 115 Å². The van der Waals surface area contributed by atoms with Crippen molar-refractivity contribution in [1.82, 2.24) is 5.32 Å². The van der Waals surface area contributed by atoms with Gasteiger partial charge in [0.2, 0.25) is 0 Å². The molecule has 0 bridgehead atoms. The van der Waals surface area contributed by atoms with Crippen LogP contribution in [0.2, 0.25) is 0 Å². The largest absolute Gasteiger partial charge is 0.573 e. The molecule has 1 aromatic carbocycles. The van der Waals surface area contributed by atoms with E-state index < -0.39 is 6.36 Å². The van der Waals surface area contributed by atoms with Crippen LogP contribution >= 0.6 is 0 Å². The van der Waals surface area contributed by atoms with Gasteiger partial charge in [-0.1, -0.05) is 12.1 Å². The second-order valence-electron chi connectivity index (χ2n) is 4.89. The monoisotopic (exact) mass is 287 g/mol. The summed E-state index contributed by atoms with van der Waals surface area (Å²) < 4.78 is 40.2. The molecular weight excluding hydrogens is 271 g/mol. The summed E-state index contributed by atoms with van der Waals surface area (Å²) in [7, 11) is 0. The zero-order valence-corrected chi connectivity index (χ0v) is 10.9. The molecule has 20 heavy (non-hydrogen) atoms. The van der Waals surface area contributed by atoms with Gasteiger partial charge in [-0.15, -0.1) is 13.2 Å². The molecule has 0 spiro atoms. The molecule has 110 valence electrons. The summed E-state index contributed by atoms with van der Waals surface area (Å²) >= 11 is 0. The SMILES string of the molecule is O=C1CCC(NCc2cccc(OC(F)(F)F)c2)CC1. The van der Waals surface area contributed by atoms with E-state index in [-0.39, 0.29) is 17.6 Å². The summed E-state index contributed by atoms with van der Waals surface area (Å²) in [6.07, 6.45) is -1.94. The number of carbonyl (C=O) groups excluding carboxylic acids is 1. The molecule has 1 aliphatic carbocycles. The number of rotatable bonds is 4. The molecule has 0 radical (unpaired) electrons. The quantitative estimate of drug-likeness (QED) is 0.924. The Bertz CT molecular complexity index is 464. The van der Waals surface area contributed by atoms with E-state index in [2.05, 4.69) is 10.1 Å². The van der Waals surface area contributed by atoms with E-state index in [0.29, 0.717) is 19.4 Å². The molecule has 6 heteroatoms. The molecule has 0 aromatic heterocycles. The molecule has 0 amide bonds. The Morgan fingerprint density at radius 3 is 2.60 bits per heavy atom. The minimum absolute atomic E-state index is 0.212. The van der Waals surface area contributed by atoms with Gasteiger partial charge >= 0.3 is 6.36 Å². The van der Waals surface area contributed by atoms with Crippen LogP contribution in [0.25, 0.3) is 0 Å². The van der Waals surface area contributed by atoms with E-state index in [4.69, 9.17) is 0 Å². The summed E-state index contributed by atoms with van der Waals surface area (Å²) in [4.78, 5) is 11.1. The fourth-order valence-corrected chi connectivity index (χ4v) is 2.26. The highest BCUT2D eigenvalue weighted by molar-refractivity contribution is 5.79. The summed E-state index contributed by atoms with van der Waals surface area (Å²) in [6.45, 7) is 0.466. The second-order valence-corrected chi connectivity index (χ2v) is 4.89. The lowest BCUT2D eigenvalue weighted by Crippen LogP contribution is -2.32. The molecule has 3 nitrogen and oxygen atoms in total. The maximum absolute atomic E-state index is 12.1. The summed E-state index contributed by atoms with van der Waals surface area (Å²) in [5, 5.41) is 3.26. The maximum atomic E-state index is 12.1. The van der Waals surface area contributed by atoms with Crippen LogP contribution in [-0.4, -0.2) is 18.2 Å². The smallest absolute Gasteiger partial charge is 0.406 e.